The first-order valence-electron chi connectivity index (χ1n) is 14.9. The van der Waals surface area contributed by atoms with Gasteiger partial charge in [-0.2, -0.15) is 0 Å². The largest absolute Gasteiger partial charge is 0.465 e. The number of benzene rings is 1. The Balaban J connectivity index is 1.67. The molecule has 2 saturated heterocycles. The first-order chi connectivity index (χ1) is 20.2. The number of likely N-dealkylation sites (tertiary alicyclic amines) is 1. The zero-order chi connectivity index (χ0) is 30.2. The Labute approximate surface area is 247 Å². The number of hydrogen-bond donors (Lipinski definition) is 1. The standard InChI is InChI=1S/C30H44N6O6/c1-21(2)18-35(24-17-23(19-34(20-24)30(39)40)28(37)33-12-15-42-16-13-33)29(38)27-26(11-7-8-14-41-4)36(32-31-27)25-10-6-5-9-22(25)3/h5-6,9-10,21,23-24H,7-8,11-20H2,1-4H3,(H,39,40)/t23-,24+/m1/s1. The number of carboxylic acid groups (broad SMARTS) is 1. The summed E-state index contributed by atoms with van der Waals surface area (Å²) in [6.07, 6.45) is 1.46. The molecular weight excluding hydrogens is 540 g/mol. The van der Waals surface area contributed by atoms with E-state index in [0.717, 1.165) is 24.1 Å². The maximum absolute atomic E-state index is 14.4. The van der Waals surface area contributed by atoms with Crippen molar-refractivity contribution < 1.29 is 29.0 Å². The highest BCUT2D eigenvalue weighted by molar-refractivity contribution is 5.94. The van der Waals surface area contributed by atoms with Crippen molar-refractivity contribution in [1.29, 1.82) is 0 Å². The fourth-order valence-electron chi connectivity index (χ4n) is 5.83. The van der Waals surface area contributed by atoms with Gasteiger partial charge < -0.3 is 29.3 Å². The van der Waals surface area contributed by atoms with E-state index in [1.807, 2.05) is 45.0 Å². The lowest BCUT2D eigenvalue weighted by Gasteiger charge is -2.43. The molecule has 0 bridgehead atoms. The molecule has 2 aromatic rings. The smallest absolute Gasteiger partial charge is 0.407 e. The number of rotatable bonds is 11. The number of hydrogen-bond acceptors (Lipinski definition) is 7. The Hall–Kier alpha value is -3.51. The third-order valence-electron chi connectivity index (χ3n) is 7.96. The summed E-state index contributed by atoms with van der Waals surface area (Å²) in [5, 5.41) is 18.8. The molecule has 1 aromatic heterocycles. The predicted molar refractivity (Wildman–Crippen MR) is 156 cm³/mol. The summed E-state index contributed by atoms with van der Waals surface area (Å²) in [4.78, 5) is 44.8. The van der Waals surface area contributed by atoms with E-state index < -0.39 is 18.1 Å². The number of piperidine rings is 1. The second-order valence-electron chi connectivity index (χ2n) is 11.6. The van der Waals surface area contributed by atoms with Crippen molar-refractivity contribution in [1.82, 2.24) is 29.7 Å². The number of aryl methyl sites for hydroxylation is 1. The molecule has 0 aliphatic carbocycles. The van der Waals surface area contributed by atoms with E-state index in [0.29, 0.717) is 58.0 Å². The van der Waals surface area contributed by atoms with Gasteiger partial charge in [0.1, 0.15) is 0 Å². The maximum Gasteiger partial charge on any atom is 0.407 e. The monoisotopic (exact) mass is 584 g/mol. The van der Waals surface area contributed by atoms with Crippen LogP contribution in [0.2, 0.25) is 0 Å². The van der Waals surface area contributed by atoms with Crippen LogP contribution in [0.15, 0.2) is 24.3 Å². The van der Waals surface area contributed by atoms with E-state index in [9.17, 15) is 19.5 Å². The molecule has 1 aromatic carbocycles. The average molecular weight is 585 g/mol. The van der Waals surface area contributed by atoms with Crippen molar-refractivity contribution in [3.8, 4) is 5.69 Å². The number of morpholine rings is 1. The van der Waals surface area contributed by atoms with Crippen LogP contribution >= 0.6 is 0 Å². The molecule has 0 radical (unpaired) electrons. The molecule has 0 saturated carbocycles. The van der Waals surface area contributed by atoms with E-state index in [-0.39, 0.29) is 36.5 Å². The van der Waals surface area contributed by atoms with E-state index in [1.54, 1.807) is 21.6 Å². The quantitative estimate of drug-likeness (QED) is 0.399. The highest BCUT2D eigenvalue weighted by Gasteiger charge is 2.41. The molecule has 42 heavy (non-hydrogen) atoms. The van der Waals surface area contributed by atoms with Crippen molar-refractivity contribution in [2.24, 2.45) is 11.8 Å². The number of carbonyl (C=O) groups is 3. The minimum atomic E-state index is -1.10. The molecule has 230 valence electrons. The fourth-order valence-corrected chi connectivity index (χ4v) is 5.83. The lowest BCUT2D eigenvalue weighted by atomic mass is 9.91. The summed E-state index contributed by atoms with van der Waals surface area (Å²) < 4.78 is 12.4. The summed E-state index contributed by atoms with van der Waals surface area (Å²) >= 11 is 0. The van der Waals surface area contributed by atoms with Crippen LogP contribution in [0, 0.1) is 18.8 Å². The Morgan fingerprint density at radius 2 is 1.86 bits per heavy atom. The van der Waals surface area contributed by atoms with Gasteiger partial charge in [-0.05, 0) is 50.2 Å². The first kappa shape index (κ1) is 31.4. The molecule has 4 rings (SSSR count). The van der Waals surface area contributed by atoms with Crippen LogP contribution in [0.5, 0.6) is 0 Å². The van der Waals surface area contributed by atoms with Gasteiger partial charge in [-0.15, -0.1) is 5.10 Å². The van der Waals surface area contributed by atoms with E-state index in [1.165, 1.54) is 4.90 Å². The highest BCUT2D eigenvalue weighted by Crippen LogP contribution is 2.27. The second kappa shape index (κ2) is 14.6. The summed E-state index contributed by atoms with van der Waals surface area (Å²) in [7, 11) is 1.67. The third-order valence-corrected chi connectivity index (χ3v) is 7.96. The SMILES string of the molecule is COCCCCc1c(C(=O)N(CC(C)C)[C@H]2C[C@@H](C(=O)N3CCOCC3)CN(C(=O)O)C2)nnn1-c1ccccc1C. The van der Waals surface area contributed by atoms with Gasteiger partial charge >= 0.3 is 6.09 Å². The van der Waals surface area contributed by atoms with Gasteiger partial charge in [0.15, 0.2) is 5.69 Å². The molecule has 2 fully saturated rings. The van der Waals surface area contributed by atoms with Crippen LogP contribution in [-0.4, -0.2) is 118 Å². The lowest BCUT2D eigenvalue weighted by molar-refractivity contribution is -0.142. The van der Waals surface area contributed by atoms with E-state index in [4.69, 9.17) is 9.47 Å². The van der Waals surface area contributed by atoms with Gasteiger partial charge in [0, 0.05) is 46.4 Å². The number of para-hydroxylation sites is 1. The van der Waals surface area contributed by atoms with Crippen molar-refractivity contribution >= 4 is 17.9 Å². The molecule has 2 aliphatic heterocycles. The van der Waals surface area contributed by atoms with E-state index in [2.05, 4.69) is 10.3 Å². The summed E-state index contributed by atoms with van der Waals surface area (Å²) in [5.74, 6) is -0.814. The van der Waals surface area contributed by atoms with E-state index >= 15 is 0 Å². The number of aromatic nitrogens is 3. The summed E-state index contributed by atoms with van der Waals surface area (Å²) in [5.41, 5.74) is 2.84. The Morgan fingerprint density at radius 1 is 1.12 bits per heavy atom. The van der Waals surface area contributed by atoms with Crippen LogP contribution in [-0.2, 0) is 20.7 Å². The minimum absolute atomic E-state index is 0.0875. The van der Waals surface area contributed by atoms with Crippen molar-refractivity contribution in [3.63, 3.8) is 0 Å². The molecule has 3 heterocycles. The first-order valence-corrected chi connectivity index (χ1v) is 14.9. The number of ether oxygens (including phenoxy) is 2. The normalized spacial score (nSPS) is 19.3. The molecule has 1 N–H and O–H groups in total. The molecular formula is C30H44N6O6. The Morgan fingerprint density at radius 3 is 2.52 bits per heavy atom. The summed E-state index contributed by atoms with van der Waals surface area (Å²) in [6.45, 7) is 9.18. The maximum atomic E-state index is 14.4. The van der Waals surface area contributed by atoms with Crippen LogP contribution in [0.25, 0.3) is 5.69 Å². The van der Waals surface area contributed by atoms with Gasteiger partial charge in [-0.25, -0.2) is 9.48 Å². The van der Waals surface area contributed by atoms with Crippen LogP contribution < -0.4 is 0 Å². The van der Waals surface area contributed by atoms with Gasteiger partial charge in [-0.1, -0.05) is 37.3 Å². The Bertz CT molecular complexity index is 1230. The van der Waals surface area contributed by atoms with Gasteiger partial charge in [0.2, 0.25) is 5.91 Å². The highest BCUT2D eigenvalue weighted by atomic mass is 16.5. The molecule has 0 unspecified atom stereocenters. The lowest BCUT2D eigenvalue weighted by Crippen LogP contribution is -2.58. The number of carbonyl (C=O) groups excluding carboxylic acids is 2. The number of methoxy groups -OCH3 is 1. The van der Waals surface area contributed by atoms with Gasteiger partial charge in [0.25, 0.3) is 5.91 Å². The van der Waals surface area contributed by atoms with Gasteiger partial charge in [0.05, 0.1) is 36.6 Å². The number of nitrogens with zero attached hydrogens (tertiary/aromatic N) is 6. The predicted octanol–water partition coefficient (Wildman–Crippen LogP) is 2.87. The zero-order valence-electron chi connectivity index (χ0n) is 25.2. The topological polar surface area (TPSA) is 130 Å². The average Bonchev–Trinajstić information content (AvgIpc) is 3.41. The molecule has 2 aliphatic rings. The van der Waals surface area contributed by atoms with Crippen molar-refractivity contribution in [3.05, 3.63) is 41.2 Å². The summed E-state index contributed by atoms with van der Waals surface area (Å²) in [6, 6.07) is 7.35. The fraction of sp³-hybridized carbons (Fsp3) is 0.633. The molecule has 12 heteroatoms. The Kier molecular flexibility index (Phi) is 10.9. The van der Waals surface area contributed by atoms with Gasteiger partial charge in [-0.3, -0.25) is 9.59 Å². The van der Waals surface area contributed by atoms with Crippen LogP contribution in [0.1, 0.15) is 54.9 Å². The molecule has 0 spiro atoms. The third kappa shape index (κ3) is 7.46. The van der Waals surface area contributed by atoms with Crippen LogP contribution in [0.3, 0.4) is 0 Å². The van der Waals surface area contributed by atoms with Crippen molar-refractivity contribution in [2.75, 3.05) is 59.7 Å². The second-order valence-corrected chi connectivity index (χ2v) is 11.6. The number of amides is 3. The van der Waals surface area contributed by atoms with Crippen LogP contribution in [0.4, 0.5) is 4.79 Å². The molecule has 12 nitrogen and oxygen atoms in total. The molecule has 2 atom stereocenters. The zero-order valence-corrected chi connectivity index (χ0v) is 25.2. The minimum Gasteiger partial charge on any atom is -0.465 e. The molecule has 3 amide bonds. The van der Waals surface area contributed by atoms with Crippen molar-refractivity contribution in [2.45, 2.75) is 52.5 Å². The number of unbranched alkanes of at least 4 members (excludes halogenated alkanes) is 1.